The van der Waals surface area contributed by atoms with E-state index in [0.29, 0.717) is 23.0 Å². The van der Waals surface area contributed by atoms with E-state index in [0.717, 1.165) is 16.3 Å². The summed E-state index contributed by atoms with van der Waals surface area (Å²) in [6, 6.07) is 3.52. The number of carbonyl (C=O) groups is 1. The van der Waals surface area contributed by atoms with E-state index < -0.39 is 56.6 Å². The number of rotatable bonds is 14. The van der Waals surface area contributed by atoms with Crippen molar-refractivity contribution in [2.75, 3.05) is 33.9 Å². The van der Waals surface area contributed by atoms with Crippen molar-refractivity contribution in [1.29, 1.82) is 0 Å². The number of thioether (sulfide) groups is 1. The smallest absolute Gasteiger partial charge is 0.471 e. The van der Waals surface area contributed by atoms with Crippen LogP contribution in [0.1, 0.15) is 44.5 Å². The first-order valence-electron chi connectivity index (χ1n) is 14.4. The van der Waals surface area contributed by atoms with Crippen LogP contribution in [0.3, 0.4) is 0 Å². The van der Waals surface area contributed by atoms with Crippen molar-refractivity contribution in [3.63, 3.8) is 0 Å². The molecule has 0 aliphatic carbocycles. The van der Waals surface area contributed by atoms with E-state index in [4.69, 9.17) is 28.1 Å². The van der Waals surface area contributed by atoms with Crippen LogP contribution in [0.25, 0.3) is 0 Å². The van der Waals surface area contributed by atoms with Crippen LogP contribution < -0.4 is 30.8 Å². The molecule has 17 heteroatoms. The molecule has 2 heterocycles. The third kappa shape index (κ3) is 9.30. The molecule has 1 fully saturated rings. The zero-order valence-electron chi connectivity index (χ0n) is 27.2. The Hall–Kier alpha value is -2.99. The van der Waals surface area contributed by atoms with Gasteiger partial charge in [-0.1, -0.05) is 20.8 Å². The molecule has 258 valence electrons. The van der Waals surface area contributed by atoms with Crippen LogP contribution in [0.15, 0.2) is 27.9 Å². The number of hydrogen-bond acceptors (Lipinski definition) is 10. The number of amides is 1. The molecule has 3 rings (SSSR count). The summed E-state index contributed by atoms with van der Waals surface area (Å²) >= 11 is 1.45. The molecule has 1 aromatic carbocycles. The highest BCUT2D eigenvalue weighted by molar-refractivity contribution is 7.98. The van der Waals surface area contributed by atoms with Crippen LogP contribution in [-0.4, -0.2) is 76.0 Å². The van der Waals surface area contributed by atoms with Crippen molar-refractivity contribution >= 4 is 26.0 Å². The number of alkyl halides is 3. The van der Waals surface area contributed by atoms with Gasteiger partial charge in [-0.2, -0.15) is 13.2 Å². The second-order valence-electron chi connectivity index (χ2n) is 12.1. The van der Waals surface area contributed by atoms with E-state index in [1.807, 2.05) is 0 Å². The third-order valence-corrected chi connectivity index (χ3v) is 13.4. The molecule has 1 aromatic heterocycles. The number of nitrogens with one attached hydrogen (secondary N) is 2. The summed E-state index contributed by atoms with van der Waals surface area (Å²) in [6.07, 6.45) is -5.91. The molecule has 46 heavy (non-hydrogen) atoms. The third-order valence-electron chi connectivity index (χ3n) is 8.07. The van der Waals surface area contributed by atoms with Gasteiger partial charge in [-0.05, 0) is 18.1 Å². The Morgan fingerprint density at radius 1 is 1.11 bits per heavy atom. The minimum Gasteiger partial charge on any atom is -0.496 e. The summed E-state index contributed by atoms with van der Waals surface area (Å²) < 4.78 is 74.3. The van der Waals surface area contributed by atoms with Crippen molar-refractivity contribution in [3.05, 3.63) is 50.3 Å². The van der Waals surface area contributed by atoms with Crippen LogP contribution in [0.2, 0.25) is 18.1 Å². The molecular formula is C29H42F3N3O9SSi. The van der Waals surface area contributed by atoms with E-state index in [2.05, 4.69) is 38.8 Å². The van der Waals surface area contributed by atoms with Crippen LogP contribution in [0.5, 0.6) is 17.2 Å². The summed E-state index contributed by atoms with van der Waals surface area (Å²) in [4.78, 5) is 38.5. The molecule has 0 radical (unpaired) electrons. The van der Waals surface area contributed by atoms with Crippen LogP contribution >= 0.6 is 11.8 Å². The van der Waals surface area contributed by atoms with Gasteiger partial charge in [-0.15, -0.1) is 11.8 Å². The molecule has 1 aliphatic heterocycles. The number of halogens is 3. The Morgan fingerprint density at radius 2 is 1.74 bits per heavy atom. The molecule has 0 bridgehead atoms. The first-order valence-corrected chi connectivity index (χ1v) is 18.4. The molecular weight excluding hydrogens is 651 g/mol. The highest BCUT2D eigenvalue weighted by Crippen LogP contribution is 2.39. The average Bonchev–Trinajstić information content (AvgIpc) is 3.38. The zero-order chi connectivity index (χ0) is 34.4. The molecule has 1 saturated heterocycles. The van der Waals surface area contributed by atoms with Crippen LogP contribution in [0, 0.1) is 0 Å². The van der Waals surface area contributed by atoms with Crippen LogP contribution in [0.4, 0.5) is 13.2 Å². The Kier molecular flexibility index (Phi) is 12.4. The minimum atomic E-state index is -5.13. The van der Waals surface area contributed by atoms with Gasteiger partial charge in [-0.25, -0.2) is 4.79 Å². The van der Waals surface area contributed by atoms with Gasteiger partial charge in [0.15, 0.2) is 8.32 Å². The fourth-order valence-corrected chi connectivity index (χ4v) is 6.20. The lowest BCUT2D eigenvalue weighted by Crippen LogP contribution is -2.44. The predicted molar refractivity (Wildman–Crippen MR) is 168 cm³/mol. The monoisotopic (exact) mass is 693 g/mol. The van der Waals surface area contributed by atoms with Gasteiger partial charge in [-0.3, -0.25) is 19.1 Å². The number of aromatic nitrogens is 2. The maximum absolute atomic E-state index is 12.8. The largest absolute Gasteiger partial charge is 0.496 e. The van der Waals surface area contributed by atoms with Gasteiger partial charge in [0.25, 0.3) is 5.56 Å². The van der Waals surface area contributed by atoms with Gasteiger partial charge in [0.1, 0.15) is 29.6 Å². The second-order valence-corrected chi connectivity index (χ2v) is 17.9. The Balaban J connectivity index is 1.79. The fourth-order valence-electron chi connectivity index (χ4n) is 4.35. The summed E-state index contributed by atoms with van der Waals surface area (Å²) in [7, 11) is 2.45. The first kappa shape index (κ1) is 37.5. The second kappa shape index (κ2) is 15.3. The normalized spacial score (nSPS) is 18.8. The molecule has 2 aromatic rings. The Labute approximate surface area is 270 Å². The maximum Gasteiger partial charge on any atom is 0.471 e. The van der Waals surface area contributed by atoms with Crippen molar-refractivity contribution < 1.29 is 46.1 Å². The number of carbonyl (C=O) groups excluding carboxylic acids is 1. The maximum atomic E-state index is 12.8. The predicted octanol–water partition coefficient (Wildman–Crippen LogP) is 4.33. The van der Waals surface area contributed by atoms with E-state index in [9.17, 15) is 27.6 Å². The summed E-state index contributed by atoms with van der Waals surface area (Å²) in [5, 5.41) is 1.56. The first-order chi connectivity index (χ1) is 21.4. The topological polar surface area (TPSA) is 139 Å². The fraction of sp³-hybridized carbons (Fsp3) is 0.621. The van der Waals surface area contributed by atoms with E-state index in [-0.39, 0.29) is 29.6 Å². The van der Waals surface area contributed by atoms with Crippen molar-refractivity contribution in [2.45, 2.75) is 82.2 Å². The summed E-state index contributed by atoms with van der Waals surface area (Å²) in [5.41, 5.74) is -1.19. The SMILES string of the molecule is COc1cc(OC)c(CSCOC2C[C@H](n3cc(CNC(=O)C(F)(F)F)c(=O)[nH]c3=O)O[C@@H]2CO[Si](C)(C)C(C)(C)C)c(OC)c1. The molecule has 12 nitrogen and oxygen atoms in total. The standard InChI is InChI=1S/C29H42F3N3O9SSi/c1-28(2,3)46(7,8)43-14-23-22(42-16-45-15-19-20(40-5)9-18(39-4)10-21(19)41-6)11-24(44-23)35-13-17(25(36)34-27(35)38)12-33-26(37)29(30,31)32/h9-10,13,22-24H,11-12,14-16H2,1-8H3,(H,33,37)(H,34,36,38)/t22?,23-,24-/m1/s1. The number of ether oxygens (including phenoxy) is 5. The van der Waals surface area contributed by atoms with Crippen molar-refractivity contribution in [2.24, 2.45) is 0 Å². The summed E-state index contributed by atoms with van der Waals surface area (Å²) in [6.45, 7) is 9.92. The number of aromatic amines is 1. The van der Waals surface area contributed by atoms with Crippen molar-refractivity contribution in [1.82, 2.24) is 14.9 Å². The molecule has 1 aliphatic rings. The average molecular weight is 694 g/mol. The van der Waals surface area contributed by atoms with Crippen LogP contribution in [-0.2, 0) is 31.0 Å². The Morgan fingerprint density at radius 3 is 2.28 bits per heavy atom. The molecule has 2 N–H and O–H groups in total. The quantitative estimate of drug-likeness (QED) is 0.167. The highest BCUT2D eigenvalue weighted by atomic mass is 32.2. The number of H-pyrrole nitrogens is 1. The molecule has 0 spiro atoms. The van der Waals surface area contributed by atoms with Gasteiger partial charge >= 0.3 is 17.8 Å². The lowest BCUT2D eigenvalue weighted by Gasteiger charge is -2.37. The summed E-state index contributed by atoms with van der Waals surface area (Å²) in [5.74, 6) is 0.262. The lowest BCUT2D eigenvalue weighted by molar-refractivity contribution is -0.173. The van der Waals surface area contributed by atoms with E-state index >= 15 is 0 Å². The van der Waals surface area contributed by atoms with Gasteiger partial charge in [0.05, 0.1) is 45.5 Å². The van der Waals surface area contributed by atoms with Gasteiger partial charge < -0.3 is 33.4 Å². The van der Waals surface area contributed by atoms with Crippen molar-refractivity contribution in [3.8, 4) is 17.2 Å². The molecule has 1 unspecified atom stereocenters. The lowest BCUT2D eigenvalue weighted by atomic mass is 10.2. The number of benzene rings is 1. The molecule has 3 atom stereocenters. The molecule has 0 saturated carbocycles. The number of hydrogen-bond donors (Lipinski definition) is 2. The van der Waals surface area contributed by atoms with E-state index in [1.54, 1.807) is 38.8 Å². The highest BCUT2D eigenvalue weighted by Gasteiger charge is 2.42. The van der Waals surface area contributed by atoms with E-state index in [1.165, 1.54) is 11.8 Å². The zero-order valence-corrected chi connectivity index (χ0v) is 29.0. The molecule has 1 amide bonds. The van der Waals surface area contributed by atoms with Gasteiger partial charge in [0.2, 0.25) is 0 Å². The number of methoxy groups -OCH3 is 3. The Bertz CT molecular complexity index is 1450. The minimum absolute atomic E-state index is 0.0840. The number of nitrogens with zero attached hydrogens (tertiary/aromatic N) is 1. The van der Waals surface area contributed by atoms with Gasteiger partial charge in [0, 0.05) is 42.6 Å².